The van der Waals surface area contributed by atoms with Crippen molar-refractivity contribution in [3.63, 3.8) is 0 Å². The average molecular weight is 245 g/mol. The Labute approximate surface area is 106 Å². The van der Waals surface area contributed by atoms with Gasteiger partial charge in [-0.2, -0.15) is 0 Å². The molecule has 4 nitrogen and oxygen atoms in total. The molecule has 18 heavy (non-hydrogen) atoms. The number of carbonyl (C=O) groups is 3. The molecule has 1 aliphatic heterocycles. The van der Waals surface area contributed by atoms with Gasteiger partial charge in [0.25, 0.3) is 5.91 Å². The molecule has 0 aromatic heterocycles. The van der Waals surface area contributed by atoms with Gasteiger partial charge in [0.05, 0.1) is 13.0 Å². The van der Waals surface area contributed by atoms with Crippen LogP contribution in [0.3, 0.4) is 0 Å². The van der Waals surface area contributed by atoms with Crippen LogP contribution in [-0.4, -0.2) is 29.0 Å². The van der Waals surface area contributed by atoms with Gasteiger partial charge in [-0.05, 0) is 11.6 Å². The van der Waals surface area contributed by atoms with Crippen molar-refractivity contribution >= 4 is 17.6 Å². The lowest BCUT2D eigenvalue weighted by atomic mass is 9.97. The molecular weight excluding hydrogens is 230 g/mol. The second kappa shape index (κ2) is 4.72. The maximum Gasteiger partial charge on any atom is 0.261 e. The van der Waals surface area contributed by atoms with Crippen LogP contribution in [0.1, 0.15) is 29.8 Å². The van der Waals surface area contributed by atoms with Gasteiger partial charge in [0.1, 0.15) is 0 Å². The van der Waals surface area contributed by atoms with Crippen molar-refractivity contribution in [2.75, 3.05) is 6.54 Å². The number of rotatable bonds is 3. The molecule has 0 bridgehead atoms. The monoisotopic (exact) mass is 245 g/mol. The van der Waals surface area contributed by atoms with Gasteiger partial charge in [-0.3, -0.25) is 19.3 Å². The van der Waals surface area contributed by atoms with E-state index in [1.165, 1.54) is 0 Å². The van der Waals surface area contributed by atoms with Crippen LogP contribution in [0.4, 0.5) is 0 Å². The number of nitrogens with zero attached hydrogens (tertiary/aromatic N) is 1. The molecule has 0 aliphatic carbocycles. The van der Waals surface area contributed by atoms with Crippen LogP contribution < -0.4 is 0 Å². The highest BCUT2D eigenvalue weighted by atomic mass is 16.2. The molecule has 1 aromatic rings. The van der Waals surface area contributed by atoms with Gasteiger partial charge in [0.2, 0.25) is 5.91 Å². The summed E-state index contributed by atoms with van der Waals surface area (Å²) in [5.41, 5.74) is 1.26. The standard InChI is InChI=1S/C14H15NO3/c1-9(2)12(16)8-15-13(17)7-10-5-3-4-6-11(10)14(15)18/h3-6,9H,7-8H2,1-2H3. The van der Waals surface area contributed by atoms with Crippen molar-refractivity contribution in [1.82, 2.24) is 4.90 Å². The van der Waals surface area contributed by atoms with E-state index in [4.69, 9.17) is 0 Å². The molecule has 2 rings (SSSR count). The Morgan fingerprint density at radius 2 is 1.94 bits per heavy atom. The molecule has 0 saturated carbocycles. The van der Waals surface area contributed by atoms with E-state index in [1.807, 2.05) is 0 Å². The quantitative estimate of drug-likeness (QED) is 0.757. The smallest absolute Gasteiger partial charge is 0.261 e. The van der Waals surface area contributed by atoms with E-state index in [0.717, 1.165) is 10.5 Å². The minimum absolute atomic E-state index is 0.101. The first-order valence-electron chi connectivity index (χ1n) is 5.96. The van der Waals surface area contributed by atoms with E-state index in [1.54, 1.807) is 38.1 Å². The van der Waals surface area contributed by atoms with Crippen LogP contribution in [-0.2, 0) is 16.0 Å². The molecule has 0 fully saturated rings. The van der Waals surface area contributed by atoms with Gasteiger partial charge in [-0.15, -0.1) is 0 Å². The lowest BCUT2D eigenvalue weighted by molar-refractivity contribution is -0.133. The zero-order valence-electron chi connectivity index (χ0n) is 10.5. The van der Waals surface area contributed by atoms with Crippen molar-refractivity contribution in [3.8, 4) is 0 Å². The minimum atomic E-state index is -0.365. The van der Waals surface area contributed by atoms with Crippen LogP contribution in [0.15, 0.2) is 24.3 Å². The van der Waals surface area contributed by atoms with Gasteiger partial charge in [0, 0.05) is 11.5 Å². The highest BCUT2D eigenvalue weighted by Gasteiger charge is 2.32. The van der Waals surface area contributed by atoms with E-state index in [2.05, 4.69) is 0 Å². The summed E-state index contributed by atoms with van der Waals surface area (Å²) in [6.45, 7) is 3.40. The second-order valence-corrected chi connectivity index (χ2v) is 4.74. The number of Topliss-reactive ketones (excluding diaryl/α,β-unsaturated/α-hetero) is 1. The number of amides is 2. The minimum Gasteiger partial charge on any atom is -0.297 e. The zero-order valence-corrected chi connectivity index (χ0v) is 10.5. The average Bonchev–Trinajstić information content (AvgIpc) is 2.34. The number of carbonyl (C=O) groups excluding carboxylic acids is 3. The second-order valence-electron chi connectivity index (χ2n) is 4.74. The lowest BCUT2D eigenvalue weighted by Crippen LogP contribution is -2.45. The topological polar surface area (TPSA) is 54.5 Å². The fourth-order valence-corrected chi connectivity index (χ4v) is 1.90. The lowest BCUT2D eigenvalue weighted by Gasteiger charge is -2.26. The van der Waals surface area contributed by atoms with E-state index in [0.29, 0.717) is 5.56 Å². The molecule has 0 radical (unpaired) electrons. The molecule has 1 heterocycles. The summed E-state index contributed by atoms with van der Waals surface area (Å²) in [6.07, 6.45) is 0.188. The number of fused-ring (bicyclic) bond motifs is 1. The highest BCUT2D eigenvalue weighted by Crippen LogP contribution is 2.19. The fourth-order valence-electron chi connectivity index (χ4n) is 1.90. The zero-order chi connectivity index (χ0) is 13.3. The van der Waals surface area contributed by atoms with Crippen molar-refractivity contribution in [3.05, 3.63) is 35.4 Å². The Balaban J connectivity index is 2.27. The van der Waals surface area contributed by atoms with Crippen LogP contribution in [0.25, 0.3) is 0 Å². The highest BCUT2D eigenvalue weighted by molar-refractivity contribution is 6.11. The molecule has 1 aliphatic rings. The van der Waals surface area contributed by atoms with Crippen molar-refractivity contribution in [1.29, 1.82) is 0 Å². The first-order chi connectivity index (χ1) is 8.50. The maximum atomic E-state index is 12.1. The van der Waals surface area contributed by atoms with Gasteiger partial charge in [-0.25, -0.2) is 0 Å². The number of benzene rings is 1. The third-order valence-corrected chi connectivity index (χ3v) is 3.09. The fraction of sp³-hybridized carbons (Fsp3) is 0.357. The Kier molecular flexibility index (Phi) is 3.28. The number of imide groups is 1. The molecular formula is C14H15NO3. The molecule has 0 N–H and O–H groups in total. The summed E-state index contributed by atoms with van der Waals surface area (Å²) >= 11 is 0. The van der Waals surface area contributed by atoms with E-state index >= 15 is 0 Å². The number of hydrogen-bond acceptors (Lipinski definition) is 3. The van der Waals surface area contributed by atoms with E-state index < -0.39 is 0 Å². The van der Waals surface area contributed by atoms with Crippen molar-refractivity contribution in [2.24, 2.45) is 5.92 Å². The van der Waals surface area contributed by atoms with Gasteiger partial charge in [0.15, 0.2) is 5.78 Å². The van der Waals surface area contributed by atoms with E-state index in [-0.39, 0.29) is 36.5 Å². The maximum absolute atomic E-state index is 12.1. The van der Waals surface area contributed by atoms with Crippen LogP contribution in [0.5, 0.6) is 0 Å². The normalized spacial score (nSPS) is 14.9. The third-order valence-electron chi connectivity index (χ3n) is 3.09. The predicted octanol–water partition coefficient (Wildman–Crippen LogP) is 1.44. The van der Waals surface area contributed by atoms with E-state index in [9.17, 15) is 14.4 Å². The summed E-state index contributed by atoms with van der Waals surface area (Å²) in [5.74, 6) is -0.942. The van der Waals surface area contributed by atoms with Gasteiger partial charge >= 0.3 is 0 Å². The molecule has 0 atom stereocenters. The van der Waals surface area contributed by atoms with Crippen molar-refractivity contribution in [2.45, 2.75) is 20.3 Å². The van der Waals surface area contributed by atoms with Gasteiger partial charge < -0.3 is 0 Å². The summed E-state index contributed by atoms with van der Waals surface area (Å²) in [4.78, 5) is 36.7. The first kappa shape index (κ1) is 12.5. The van der Waals surface area contributed by atoms with Crippen molar-refractivity contribution < 1.29 is 14.4 Å². The summed E-state index contributed by atoms with van der Waals surface area (Å²) < 4.78 is 0. The number of hydrogen-bond donors (Lipinski definition) is 0. The SMILES string of the molecule is CC(C)C(=O)CN1C(=O)Cc2ccccc2C1=O. The van der Waals surface area contributed by atoms with Crippen LogP contribution in [0, 0.1) is 5.92 Å². The first-order valence-corrected chi connectivity index (χ1v) is 5.96. The van der Waals surface area contributed by atoms with Crippen LogP contribution >= 0.6 is 0 Å². The Morgan fingerprint density at radius 3 is 2.61 bits per heavy atom. The Morgan fingerprint density at radius 1 is 1.28 bits per heavy atom. The van der Waals surface area contributed by atoms with Gasteiger partial charge in [-0.1, -0.05) is 32.0 Å². The molecule has 0 unspecified atom stereocenters. The molecule has 94 valence electrons. The molecule has 0 spiro atoms. The summed E-state index contributed by atoms with van der Waals surface area (Å²) in [6, 6.07) is 7.02. The Bertz CT molecular complexity index is 520. The summed E-state index contributed by atoms with van der Waals surface area (Å²) in [5, 5.41) is 0. The molecule has 2 amide bonds. The summed E-state index contributed by atoms with van der Waals surface area (Å²) in [7, 11) is 0. The predicted molar refractivity (Wildman–Crippen MR) is 66.0 cm³/mol. The van der Waals surface area contributed by atoms with Crippen LogP contribution in [0.2, 0.25) is 0 Å². The third kappa shape index (κ3) is 2.18. The molecule has 4 heteroatoms. The molecule has 1 aromatic carbocycles. The Hall–Kier alpha value is -1.97. The molecule has 0 saturated heterocycles. The largest absolute Gasteiger partial charge is 0.297 e. The number of ketones is 1.